The van der Waals surface area contributed by atoms with E-state index in [1.165, 1.54) is 0 Å². The third-order valence-electron chi connectivity index (χ3n) is 3.17. The van der Waals surface area contributed by atoms with Crippen molar-refractivity contribution in [2.75, 3.05) is 6.61 Å². The molecule has 2 rings (SSSR count). The Hall–Kier alpha value is -1.88. The fraction of sp³-hybridized carbons (Fsp3) is 0.467. The molecular formula is C15H22N4O. The normalized spacial score (nSPS) is 12.4. The lowest BCUT2D eigenvalue weighted by Gasteiger charge is -2.13. The first-order valence-corrected chi connectivity index (χ1v) is 7.01. The molecule has 0 saturated heterocycles. The number of hydrogen-bond donors (Lipinski definition) is 1. The molecule has 1 atom stereocenters. The van der Waals surface area contributed by atoms with Crippen molar-refractivity contribution in [2.24, 2.45) is 12.8 Å². The van der Waals surface area contributed by atoms with Crippen molar-refractivity contribution >= 4 is 0 Å². The summed E-state index contributed by atoms with van der Waals surface area (Å²) in [5, 5.41) is 4.43. The van der Waals surface area contributed by atoms with Gasteiger partial charge in [0.1, 0.15) is 5.75 Å². The van der Waals surface area contributed by atoms with Crippen molar-refractivity contribution < 1.29 is 4.74 Å². The molecule has 2 aromatic heterocycles. The zero-order valence-electron chi connectivity index (χ0n) is 12.3. The molecule has 0 bridgehead atoms. The monoisotopic (exact) mass is 274 g/mol. The summed E-state index contributed by atoms with van der Waals surface area (Å²) in [6.07, 6.45) is 7.32. The van der Waals surface area contributed by atoms with Gasteiger partial charge >= 0.3 is 0 Å². The maximum Gasteiger partial charge on any atom is 0.137 e. The van der Waals surface area contributed by atoms with Crippen molar-refractivity contribution in [3.63, 3.8) is 0 Å². The van der Waals surface area contributed by atoms with Gasteiger partial charge in [0.05, 0.1) is 24.5 Å². The molecule has 5 heteroatoms. The highest BCUT2D eigenvalue weighted by Gasteiger charge is 2.16. The summed E-state index contributed by atoms with van der Waals surface area (Å²) in [4.78, 5) is 4.21. The molecule has 20 heavy (non-hydrogen) atoms. The van der Waals surface area contributed by atoms with E-state index in [9.17, 15) is 0 Å². The number of aromatic nitrogens is 3. The van der Waals surface area contributed by atoms with Crippen LogP contribution in [0.1, 0.15) is 43.1 Å². The number of pyridine rings is 1. The van der Waals surface area contributed by atoms with Gasteiger partial charge in [-0.1, -0.05) is 13.8 Å². The molecule has 0 fully saturated rings. The predicted molar refractivity (Wildman–Crippen MR) is 78.6 cm³/mol. The van der Waals surface area contributed by atoms with Crippen LogP contribution in [0, 0.1) is 0 Å². The Kier molecular flexibility index (Phi) is 4.74. The van der Waals surface area contributed by atoms with E-state index in [1.54, 1.807) is 17.1 Å². The first kappa shape index (κ1) is 14.5. The minimum Gasteiger partial charge on any atom is -0.492 e. The van der Waals surface area contributed by atoms with Gasteiger partial charge in [0.15, 0.2) is 0 Å². The number of aryl methyl sites for hydroxylation is 2. The molecule has 108 valence electrons. The average Bonchev–Trinajstić information content (AvgIpc) is 2.85. The number of hydrogen-bond acceptors (Lipinski definition) is 4. The summed E-state index contributed by atoms with van der Waals surface area (Å²) in [7, 11) is 1.91. The van der Waals surface area contributed by atoms with Crippen LogP contribution in [0.25, 0.3) is 0 Å². The number of nitrogens with two attached hydrogens (primary N) is 1. The van der Waals surface area contributed by atoms with Crippen LogP contribution in [0.3, 0.4) is 0 Å². The first-order chi connectivity index (χ1) is 9.65. The molecule has 0 amide bonds. The van der Waals surface area contributed by atoms with Gasteiger partial charge in [-0.05, 0) is 24.5 Å². The first-order valence-electron chi connectivity index (χ1n) is 7.01. The van der Waals surface area contributed by atoms with Crippen LogP contribution in [0.2, 0.25) is 0 Å². The van der Waals surface area contributed by atoms with Crippen molar-refractivity contribution in [3.05, 3.63) is 41.5 Å². The highest BCUT2D eigenvalue weighted by molar-refractivity contribution is 5.34. The van der Waals surface area contributed by atoms with Gasteiger partial charge in [-0.3, -0.25) is 9.67 Å². The third-order valence-corrected chi connectivity index (χ3v) is 3.17. The number of ether oxygens (including phenoxy) is 1. The summed E-state index contributed by atoms with van der Waals surface area (Å²) in [6, 6.07) is 1.73. The molecule has 5 nitrogen and oxygen atoms in total. The van der Waals surface area contributed by atoms with Crippen LogP contribution in [0.4, 0.5) is 0 Å². The Morgan fingerprint density at radius 3 is 2.85 bits per heavy atom. The van der Waals surface area contributed by atoms with Crippen LogP contribution >= 0.6 is 0 Å². The number of nitrogens with zero attached hydrogens (tertiary/aromatic N) is 3. The topological polar surface area (TPSA) is 66.0 Å². The Bertz CT molecular complexity index is 565. The highest BCUT2D eigenvalue weighted by Crippen LogP contribution is 2.24. The van der Waals surface area contributed by atoms with Crippen molar-refractivity contribution in [1.82, 2.24) is 14.8 Å². The average molecular weight is 274 g/mol. The minimum absolute atomic E-state index is 0.226. The van der Waals surface area contributed by atoms with E-state index in [0.29, 0.717) is 6.61 Å². The standard InChI is InChI=1S/C15H22N4O/c1-4-6-20-12-7-11(8-17-9-12)15(16)13-10-19(3)18-14(13)5-2/h7-10,15H,4-6,16H2,1-3H3. The molecule has 0 aliphatic carbocycles. The summed E-state index contributed by atoms with van der Waals surface area (Å²) >= 11 is 0. The quantitative estimate of drug-likeness (QED) is 0.877. The Labute approximate surface area is 119 Å². The molecule has 0 aliphatic heterocycles. The Morgan fingerprint density at radius 1 is 1.35 bits per heavy atom. The second kappa shape index (κ2) is 6.52. The smallest absolute Gasteiger partial charge is 0.137 e. The largest absolute Gasteiger partial charge is 0.492 e. The van der Waals surface area contributed by atoms with Crippen molar-refractivity contribution in [1.29, 1.82) is 0 Å². The lowest BCUT2D eigenvalue weighted by atomic mass is 10.0. The summed E-state index contributed by atoms with van der Waals surface area (Å²) < 4.78 is 7.41. The molecule has 0 radical (unpaired) electrons. The van der Waals surface area contributed by atoms with Gasteiger partial charge in [-0.15, -0.1) is 0 Å². The van der Waals surface area contributed by atoms with Crippen LogP contribution in [0.15, 0.2) is 24.7 Å². The highest BCUT2D eigenvalue weighted by atomic mass is 16.5. The predicted octanol–water partition coefficient (Wildman–Crippen LogP) is 2.21. The molecule has 2 aromatic rings. The second-order valence-corrected chi connectivity index (χ2v) is 4.84. The van der Waals surface area contributed by atoms with Crippen LogP contribution in [0.5, 0.6) is 5.75 Å². The van der Waals surface area contributed by atoms with E-state index in [-0.39, 0.29) is 6.04 Å². The fourth-order valence-electron chi connectivity index (χ4n) is 2.17. The van der Waals surface area contributed by atoms with Gasteiger partial charge in [0.2, 0.25) is 0 Å². The van der Waals surface area contributed by atoms with Crippen LogP contribution in [-0.2, 0) is 13.5 Å². The van der Waals surface area contributed by atoms with E-state index >= 15 is 0 Å². The Morgan fingerprint density at radius 2 is 2.15 bits per heavy atom. The lowest BCUT2D eigenvalue weighted by molar-refractivity contribution is 0.315. The van der Waals surface area contributed by atoms with E-state index in [0.717, 1.165) is 35.4 Å². The summed E-state index contributed by atoms with van der Waals surface area (Å²) in [5.74, 6) is 0.765. The third kappa shape index (κ3) is 3.17. The van der Waals surface area contributed by atoms with Crippen LogP contribution < -0.4 is 10.5 Å². The maximum absolute atomic E-state index is 6.35. The molecule has 2 N–H and O–H groups in total. The molecule has 0 saturated carbocycles. The van der Waals surface area contributed by atoms with Gasteiger partial charge in [-0.25, -0.2) is 0 Å². The fourth-order valence-corrected chi connectivity index (χ4v) is 2.17. The van der Waals surface area contributed by atoms with E-state index in [4.69, 9.17) is 10.5 Å². The lowest BCUT2D eigenvalue weighted by Crippen LogP contribution is -2.13. The molecule has 0 spiro atoms. The summed E-state index contributed by atoms with van der Waals surface area (Å²) in [6.45, 7) is 4.84. The SMILES string of the molecule is CCCOc1cncc(C(N)c2cn(C)nc2CC)c1. The molecule has 0 aliphatic rings. The zero-order valence-corrected chi connectivity index (χ0v) is 12.3. The number of rotatable bonds is 6. The molecule has 0 aromatic carbocycles. The maximum atomic E-state index is 6.35. The minimum atomic E-state index is -0.226. The van der Waals surface area contributed by atoms with Crippen LogP contribution in [-0.4, -0.2) is 21.4 Å². The van der Waals surface area contributed by atoms with Crippen molar-refractivity contribution in [3.8, 4) is 5.75 Å². The van der Waals surface area contributed by atoms with Gasteiger partial charge in [0, 0.05) is 25.0 Å². The van der Waals surface area contributed by atoms with Gasteiger partial charge < -0.3 is 10.5 Å². The molecule has 2 heterocycles. The van der Waals surface area contributed by atoms with E-state index in [1.807, 2.05) is 19.3 Å². The molecular weight excluding hydrogens is 252 g/mol. The molecule has 1 unspecified atom stereocenters. The summed E-state index contributed by atoms with van der Waals surface area (Å²) in [5.41, 5.74) is 9.37. The van der Waals surface area contributed by atoms with Gasteiger partial charge in [-0.2, -0.15) is 5.10 Å². The van der Waals surface area contributed by atoms with E-state index < -0.39 is 0 Å². The van der Waals surface area contributed by atoms with Crippen molar-refractivity contribution in [2.45, 2.75) is 32.7 Å². The second-order valence-electron chi connectivity index (χ2n) is 4.84. The Balaban J connectivity index is 2.25. The zero-order chi connectivity index (χ0) is 14.5. The van der Waals surface area contributed by atoms with Gasteiger partial charge in [0.25, 0.3) is 0 Å². The van der Waals surface area contributed by atoms with E-state index in [2.05, 4.69) is 23.9 Å².